The van der Waals surface area contributed by atoms with Crippen LogP contribution in [0.25, 0.3) is 10.9 Å². The van der Waals surface area contributed by atoms with Crippen molar-refractivity contribution in [3.8, 4) is 0 Å². The van der Waals surface area contributed by atoms with Crippen molar-refractivity contribution < 1.29 is 9.53 Å². The van der Waals surface area contributed by atoms with Crippen molar-refractivity contribution in [1.82, 2.24) is 10.3 Å². The van der Waals surface area contributed by atoms with Crippen LogP contribution >= 0.6 is 11.6 Å². The van der Waals surface area contributed by atoms with Crippen molar-refractivity contribution in [2.24, 2.45) is 0 Å². The lowest BCUT2D eigenvalue weighted by molar-refractivity contribution is -0.143. The fourth-order valence-corrected chi connectivity index (χ4v) is 3.30. The Bertz CT molecular complexity index is 872. The third-order valence-electron chi connectivity index (χ3n) is 4.30. The topological polar surface area (TPSA) is 54.1 Å². The first kappa shape index (κ1) is 21.0. The number of nitrogens with one attached hydrogen (secondary N) is 2. The van der Waals surface area contributed by atoms with Gasteiger partial charge in [-0.15, -0.1) is 0 Å². The summed E-state index contributed by atoms with van der Waals surface area (Å²) in [4.78, 5) is 14.9. The zero-order valence-corrected chi connectivity index (χ0v) is 17.1. The van der Waals surface area contributed by atoms with E-state index in [0.717, 1.165) is 10.5 Å². The normalized spacial score (nSPS) is 14.9. The Labute approximate surface area is 165 Å². The molecule has 4 rings (SSSR count). The van der Waals surface area contributed by atoms with Gasteiger partial charge in [-0.05, 0) is 36.2 Å². The molecule has 0 saturated carbocycles. The van der Waals surface area contributed by atoms with E-state index in [4.69, 9.17) is 16.3 Å². The number of para-hydroxylation sites is 1. The maximum Gasteiger partial charge on any atom is 0.323 e. The number of benzene rings is 2. The fraction of sp³-hybridized carbons (Fsp3) is 0.318. The van der Waals surface area contributed by atoms with Gasteiger partial charge >= 0.3 is 5.97 Å². The Kier molecular flexibility index (Phi) is 7.89. The maximum atomic E-state index is 11.5. The Balaban J connectivity index is 0.000000220. The minimum atomic E-state index is -0.230. The highest BCUT2D eigenvalue weighted by Crippen LogP contribution is 2.26. The SMILES string of the molecule is CC.COC(=O)C1Cc2c([nH]c3ccccc23)CN1.Cc1cccc(Cl)c1. The van der Waals surface area contributed by atoms with Crippen molar-refractivity contribution in [1.29, 1.82) is 0 Å². The number of rotatable bonds is 1. The van der Waals surface area contributed by atoms with Crippen LogP contribution in [0, 0.1) is 6.92 Å². The molecule has 0 saturated heterocycles. The fourth-order valence-electron chi connectivity index (χ4n) is 3.06. The molecule has 0 spiro atoms. The molecule has 2 heterocycles. The van der Waals surface area contributed by atoms with Gasteiger partial charge in [-0.2, -0.15) is 0 Å². The van der Waals surface area contributed by atoms with Gasteiger partial charge in [0, 0.05) is 34.6 Å². The highest BCUT2D eigenvalue weighted by atomic mass is 35.5. The second-order valence-electron chi connectivity index (χ2n) is 6.09. The van der Waals surface area contributed by atoms with Crippen LogP contribution in [0.2, 0.25) is 5.02 Å². The Morgan fingerprint density at radius 1 is 1.15 bits per heavy atom. The number of halogens is 1. The molecule has 0 bridgehead atoms. The highest BCUT2D eigenvalue weighted by molar-refractivity contribution is 6.30. The molecule has 0 radical (unpaired) electrons. The molecule has 1 atom stereocenters. The molecular formula is C22H27ClN2O2. The van der Waals surface area contributed by atoms with E-state index in [0.29, 0.717) is 13.0 Å². The molecule has 3 aromatic rings. The number of aromatic amines is 1. The first-order valence-corrected chi connectivity index (χ1v) is 9.58. The molecular weight excluding hydrogens is 360 g/mol. The summed E-state index contributed by atoms with van der Waals surface area (Å²) in [5.74, 6) is -0.194. The largest absolute Gasteiger partial charge is 0.468 e. The zero-order chi connectivity index (χ0) is 19.8. The Hall–Kier alpha value is -2.30. The van der Waals surface area contributed by atoms with Gasteiger partial charge in [0.2, 0.25) is 0 Å². The van der Waals surface area contributed by atoms with Crippen LogP contribution in [-0.4, -0.2) is 24.1 Å². The summed E-state index contributed by atoms with van der Waals surface area (Å²) in [6, 6.07) is 15.7. The predicted molar refractivity (Wildman–Crippen MR) is 112 cm³/mol. The van der Waals surface area contributed by atoms with Crippen LogP contribution in [-0.2, 0) is 22.5 Å². The second kappa shape index (κ2) is 10.1. The molecule has 144 valence electrons. The van der Waals surface area contributed by atoms with E-state index >= 15 is 0 Å². The average molecular weight is 387 g/mol. The molecule has 1 aromatic heterocycles. The van der Waals surface area contributed by atoms with E-state index in [1.165, 1.54) is 29.3 Å². The second-order valence-corrected chi connectivity index (χ2v) is 6.52. The first-order chi connectivity index (χ1) is 13.1. The van der Waals surface area contributed by atoms with Gasteiger partial charge in [-0.3, -0.25) is 10.1 Å². The lowest BCUT2D eigenvalue weighted by Crippen LogP contribution is -2.42. The van der Waals surface area contributed by atoms with Crippen LogP contribution in [0.5, 0.6) is 0 Å². The van der Waals surface area contributed by atoms with Gasteiger partial charge in [0.15, 0.2) is 0 Å². The number of carbonyl (C=O) groups is 1. The molecule has 2 N–H and O–H groups in total. The van der Waals surface area contributed by atoms with Crippen molar-refractivity contribution in [2.45, 2.75) is 39.8 Å². The van der Waals surface area contributed by atoms with Crippen LogP contribution in [0.1, 0.15) is 30.7 Å². The van der Waals surface area contributed by atoms with Crippen molar-refractivity contribution in [3.63, 3.8) is 0 Å². The van der Waals surface area contributed by atoms with Gasteiger partial charge in [0.25, 0.3) is 0 Å². The van der Waals surface area contributed by atoms with Crippen LogP contribution in [0.4, 0.5) is 0 Å². The summed E-state index contributed by atoms with van der Waals surface area (Å²) in [7, 11) is 1.43. The summed E-state index contributed by atoms with van der Waals surface area (Å²) < 4.78 is 4.78. The molecule has 4 nitrogen and oxygen atoms in total. The van der Waals surface area contributed by atoms with Crippen molar-refractivity contribution in [3.05, 3.63) is 70.4 Å². The minimum Gasteiger partial charge on any atom is -0.468 e. The number of esters is 1. The van der Waals surface area contributed by atoms with E-state index in [1.807, 2.05) is 57.2 Å². The monoisotopic (exact) mass is 386 g/mol. The van der Waals surface area contributed by atoms with Gasteiger partial charge in [0.05, 0.1) is 7.11 Å². The number of H-pyrrole nitrogens is 1. The lowest BCUT2D eigenvalue weighted by Gasteiger charge is -2.21. The average Bonchev–Trinajstić information content (AvgIpc) is 3.07. The number of hydrogen-bond donors (Lipinski definition) is 2. The molecule has 1 aliphatic rings. The number of carbonyl (C=O) groups excluding carboxylic acids is 1. The minimum absolute atomic E-state index is 0.194. The number of aromatic nitrogens is 1. The van der Waals surface area contributed by atoms with Crippen LogP contribution < -0.4 is 5.32 Å². The smallest absolute Gasteiger partial charge is 0.323 e. The number of ether oxygens (including phenoxy) is 1. The van der Waals surface area contributed by atoms with Crippen molar-refractivity contribution >= 4 is 28.5 Å². The molecule has 1 aliphatic heterocycles. The van der Waals surface area contributed by atoms with E-state index in [-0.39, 0.29) is 12.0 Å². The van der Waals surface area contributed by atoms with Gasteiger partial charge in [0.1, 0.15) is 6.04 Å². The van der Waals surface area contributed by atoms with Gasteiger partial charge in [-0.25, -0.2) is 0 Å². The molecule has 0 aliphatic carbocycles. The first-order valence-electron chi connectivity index (χ1n) is 9.20. The zero-order valence-electron chi connectivity index (χ0n) is 16.3. The van der Waals surface area contributed by atoms with E-state index < -0.39 is 0 Å². The number of methoxy groups -OCH3 is 1. The maximum absolute atomic E-state index is 11.5. The summed E-state index contributed by atoms with van der Waals surface area (Å²) in [5, 5.41) is 5.20. The number of hydrogen-bond acceptors (Lipinski definition) is 3. The molecule has 27 heavy (non-hydrogen) atoms. The van der Waals surface area contributed by atoms with Crippen molar-refractivity contribution in [2.75, 3.05) is 7.11 Å². The predicted octanol–water partition coefficient (Wildman–Crippen LogP) is 5.03. The molecule has 2 aromatic carbocycles. The summed E-state index contributed by atoms with van der Waals surface area (Å²) in [6.45, 7) is 6.70. The lowest BCUT2D eigenvalue weighted by atomic mass is 9.99. The molecule has 5 heteroatoms. The molecule has 0 amide bonds. The van der Waals surface area contributed by atoms with Gasteiger partial charge < -0.3 is 9.72 Å². The summed E-state index contributed by atoms with van der Waals surface area (Å²) in [6.07, 6.45) is 0.687. The standard InChI is InChI=1S/C13H14N2O2.C7H7Cl.C2H6/c1-17-13(16)11-6-9-8-4-2-3-5-10(8)15-12(9)7-14-11;1-6-3-2-4-7(8)5-6;1-2/h2-5,11,14-15H,6-7H2,1H3;2-5H,1H3;1-2H3. The molecule has 0 fully saturated rings. The van der Waals surface area contributed by atoms with Crippen LogP contribution in [0.3, 0.4) is 0 Å². The number of fused-ring (bicyclic) bond motifs is 3. The van der Waals surface area contributed by atoms with Crippen LogP contribution in [0.15, 0.2) is 48.5 Å². The third kappa shape index (κ3) is 5.34. The Morgan fingerprint density at radius 2 is 1.89 bits per heavy atom. The third-order valence-corrected chi connectivity index (χ3v) is 4.54. The summed E-state index contributed by atoms with van der Waals surface area (Å²) in [5.41, 5.74) is 4.74. The van der Waals surface area contributed by atoms with E-state index in [1.54, 1.807) is 0 Å². The van der Waals surface area contributed by atoms with E-state index in [2.05, 4.69) is 22.4 Å². The molecule has 1 unspecified atom stereocenters. The summed E-state index contributed by atoms with van der Waals surface area (Å²) >= 11 is 5.64. The van der Waals surface area contributed by atoms with E-state index in [9.17, 15) is 4.79 Å². The Morgan fingerprint density at radius 3 is 2.52 bits per heavy atom. The van der Waals surface area contributed by atoms with Gasteiger partial charge in [-0.1, -0.05) is 55.8 Å². The quantitative estimate of drug-likeness (QED) is 0.576. The number of aryl methyl sites for hydroxylation is 1. The highest BCUT2D eigenvalue weighted by Gasteiger charge is 2.27.